The highest BCUT2D eigenvalue weighted by Crippen LogP contribution is 2.22. The van der Waals surface area contributed by atoms with Gasteiger partial charge in [0.15, 0.2) is 0 Å². The number of carboxylic acid groups (broad SMARTS) is 1. The summed E-state index contributed by atoms with van der Waals surface area (Å²) in [5.41, 5.74) is 0. The summed E-state index contributed by atoms with van der Waals surface area (Å²) in [7, 11) is 0. The van der Waals surface area contributed by atoms with Crippen molar-refractivity contribution in [2.24, 2.45) is 11.8 Å². The number of hydrogen-bond acceptors (Lipinski definition) is 3. The van der Waals surface area contributed by atoms with Gasteiger partial charge in [0.25, 0.3) is 0 Å². The lowest BCUT2D eigenvalue weighted by Crippen LogP contribution is -2.12. The van der Waals surface area contributed by atoms with Crippen LogP contribution >= 0.6 is 0 Å². The lowest BCUT2D eigenvalue weighted by molar-refractivity contribution is -0.139. The van der Waals surface area contributed by atoms with E-state index in [4.69, 9.17) is 5.11 Å². The van der Waals surface area contributed by atoms with Crippen LogP contribution in [0.5, 0.6) is 0 Å². The van der Waals surface area contributed by atoms with E-state index in [0.717, 1.165) is 32.1 Å². The van der Waals surface area contributed by atoms with Gasteiger partial charge in [-0.05, 0) is 44.4 Å². The Labute approximate surface area is 129 Å². The number of aliphatic hydroxyl groups is 2. The average Bonchev–Trinajstić information content (AvgIpc) is 2.35. The summed E-state index contributed by atoms with van der Waals surface area (Å²) in [4.78, 5) is 10.4. The van der Waals surface area contributed by atoms with Gasteiger partial charge in [0.2, 0.25) is 0 Å². The van der Waals surface area contributed by atoms with E-state index >= 15 is 0 Å². The maximum Gasteiger partial charge on any atom is 0.305 e. The van der Waals surface area contributed by atoms with E-state index < -0.39 is 12.1 Å². The van der Waals surface area contributed by atoms with Gasteiger partial charge in [0.05, 0.1) is 18.6 Å². The van der Waals surface area contributed by atoms with Gasteiger partial charge in [-0.3, -0.25) is 4.79 Å². The summed E-state index contributed by atoms with van der Waals surface area (Å²) < 4.78 is 0. The highest BCUT2D eigenvalue weighted by molar-refractivity contribution is 5.67. The molecule has 0 aliphatic carbocycles. The molecule has 126 valence electrons. The maximum absolute atomic E-state index is 10.4. The van der Waals surface area contributed by atoms with Crippen molar-refractivity contribution < 1.29 is 20.1 Å². The summed E-state index contributed by atoms with van der Waals surface area (Å²) in [5, 5.41) is 27.3. The highest BCUT2D eigenvalue weighted by atomic mass is 16.4. The smallest absolute Gasteiger partial charge is 0.305 e. The minimum Gasteiger partial charge on any atom is -0.481 e. The second kappa shape index (κ2) is 12.0. The van der Waals surface area contributed by atoms with Gasteiger partial charge >= 0.3 is 5.97 Å². The van der Waals surface area contributed by atoms with E-state index in [9.17, 15) is 15.0 Å². The normalized spacial score (nSPS) is 17.2. The molecule has 0 saturated heterocycles. The molecule has 4 heteroatoms. The molecule has 4 atom stereocenters. The van der Waals surface area contributed by atoms with Crippen LogP contribution in [0, 0.1) is 11.8 Å². The van der Waals surface area contributed by atoms with Crippen LogP contribution in [-0.2, 0) is 4.79 Å². The van der Waals surface area contributed by atoms with Crippen molar-refractivity contribution in [2.75, 3.05) is 0 Å². The summed E-state index contributed by atoms with van der Waals surface area (Å²) >= 11 is 0. The molecule has 0 rings (SSSR count). The average molecular weight is 302 g/mol. The van der Waals surface area contributed by atoms with E-state index in [1.54, 1.807) is 0 Å². The van der Waals surface area contributed by atoms with Gasteiger partial charge in [0, 0.05) is 0 Å². The molecule has 0 radical (unpaired) electrons. The van der Waals surface area contributed by atoms with Crippen molar-refractivity contribution in [3.8, 4) is 0 Å². The van der Waals surface area contributed by atoms with Gasteiger partial charge in [-0.1, -0.05) is 39.5 Å². The first-order chi connectivity index (χ1) is 9.81. The molecular formula is C17H34O4. The second-order valence-corrected chi connectivity index (χ2v) is 6.76. The van der Waals surface area contributed by atoms with E-state index in [1.165, 1.54) is 12.8 Å². The molecule has 4 nitrogen and oxygen atoms in total. The van der Waals surface area contributed by atoms with Gasteiger partial charge in [-0.25, -0.2) is 0 Å². The second-order valence-electron chi connectivity index (χ2n) is 6.76. The van der Waals surface area contributed by atoms with Crippen LogP contribution < -0.4 is 0 Å². The van der Waals surface area contributed by atoms with Gasteiger partial charge < -0.3 is 15.3 Å². The number of aliphatic carboxylic acids is 1. The molecule has 0 aromatic carbocycles. The van der Waals surface area contributed by atoms with E-state index in [-0.39, 0.29) is 12.5 Å². The number of carbonyl (C=O) groups is 1. The van der Waals surface area contributed by atoms with Crippen LogP contribution in [0.3, 0.4) is 0 Å². The van der Waals surface area contributed by atoms with E-state index in [1.807, 2.05) is 6.92 Å². The molecule has 3 N–H and O–H groups in total. The predicted molar refractivity (Wildman–Crippen MR) is 85.2 cm³/mol. The quantitative estimate of drug-likeness (QED) is 0.454. The van der Waals surface area contributed by atoms with E-state index in [2.05, 4.69) is 13.8 Å². The Morgan fingerprint density at radius 3 is 2.00 bits per heavy atom. The summed E-state index contributed by atoms with van der Waals surface area (Å²) in [6, 6.07) is 0. The number of carboxylic acids is 1. The van der Waals surface area contributed by atoms with Crippen LogP contribution in [0.4, 0.5) is 0 Å². The monoisotopic (exact) mass is 302 g/mol. The standard InChI is InChI=1S/C17H34O4/c1-13(11-14(2)9-10-15(3)18)7-5-4-6-8-16(19)12-17(20)21/h13-16,18-19H,4-12H2,1-3H3,(H,20,21). The minimum atomic E-state index is -0.928. The van der Waals surface area contributed by atoms with Crippen molar-refractivity contribution >= 4 is 5.97 Å². The Balaban J connectivity index is 3.52. The molecule has 0 bridgehead atoms. The van der Waals surface area contributed by atoms with Crippen molar-refractivity contribution in [2.45, 2.75) is 90.8 Å². The number of unbranched alkanes of at least 4 members (excludes halogenated alkanes) is 2. The van der Waals surface area contributed by atoms with Crippen molar-refractivity contribution in [3.63, 3.8) is 0 Å². The van der Waals surface area contributed by atoms with Crippen molar-refractivity contribution in [1.82, 2.24) is 0 Å². The molecule has 0 aromatic heterocycles. The molecule has 0 amide bonds. The number of rotatable bonds is 13. The number of aliphatic hydroxyl groups excluding tert-OH is 2. The summed E-state index contributed by atoms with van der Waals surface area (Å²) in [6.07, 6.45) is 7.02. The largest absolute Gasteiger partial charge is 0.481 e. The third-order valence-electron chi connectivity index (χ3n) is 4.03. The molecule has 0 fully saturated rings. The zero-order valence-corrected chi connectivity index (χ0v) is 13.9. The Bertz CT molecular complexity index is 266. The zero-order chi connectivity index (χ0) is 16.3. The molecule has 0 aromatic rings. The van der Waals surface area contributed by atoms with E-state index in [0.29, 0.717) is 18.3 Å². The molecular weight excluding hydrogens is 268 g/mol. The first kappa shape index (κ1) is 20.4. The topological polar surface area (TPSA) is 77.8 Å². The zero-order valence-electron chi connectivity index (χ0n) is 13.9. The van der Waals surface area contributed by atoms with Crippen LogP contribution in [0.15, 0.2) is 0 Å². The van der Waals surface area contributed by atoms with Crippen LogP contribution in [0.1, 0.15) is 78.6 Å². The Hall–Kier alpha value is -0.610. The van der Waals surface area contributed by atoms with Crippen LogP contribution in [0.2, 0.25) is 0 Å². The summed E-state index contributed by atoms with van der Waals surface area (Å²) in [6.45, 7) is 6.37. The Morgan fingerprint density at radius 1 is 0.857 bits per heavy atom. The van der Waals surface area contributed by atoms with Crippen LogP contribution in [-0.4, -0.2) is 33.5 Å². The summed E-state index contributed by atoms with van der Waals surface area (Å²) in [5.74, 6) is 0.423. The molecule has 21 heavy (non-hydrogen) atoms. The molecule has 0 spiro atoms. The fourth-order valence-electron chi connectivity index (χ4n) is 2.80. The highest BCUT2D eigenvalue weighted by Gasteiger charge is 2.11. The fourth-order valence-corrected chi connectivity index (χ4v) is 2.80. The van der Waals surface area contributed by atoms with Gasteiger partial charge in [0.1, 0.15) is 0 Å². The molecule has 0 aliphatic heterocycles. The molecule has 0 heterocycles. The lowest BCUT2D eigenvalue weighted by atomic mass is 9.89. The minimum absolute atomic E-state index is 0.142. The SMILES string of the molecule is CC(O)CCC(C)CC(C)CCCCCC(O)CC(=O)O. The molecule has 0 saturated carbocycles. The predicted octanol–water partition coefficient (Wildman–Crippen LogP) is 3.60. The van der Waals surface area contributed by atoms with Crippen LogP contribution in [0.25, 0.3) is 0 Å². The molecule has 4 unspecified atom stereocenters. The Kier molecular flexibility index (Phi) is 11.6. The van der Waals surface area contributed by atoms with Gasteiger partial charge in [-0.15, -0.1) is 0 Å². The third-order valence-corrected chi connectivity index (χ3v) is 4.03. The Morgan fingerprint density at radius 2 is 1.43 bits per heavy atom. The van der Waals surface area contributed by atoms with Crippen molar-refractivity contribution in [1.29, 1.82) is 0 Å². The van der Waals surface area contributed by atoms with Crippen molar-refractivity contribution in [3.05, 3.63) is 0 Å². The third kappa shape index (κ3) is 14.1. The first-order valence-electron chi connectivity index (χ1n) is 8.39. The fraction of sp³-hybridized carbons (Fsp3) is 0.941. The molecule has 0 aliphatic rings. The number of hydrogen-bond donors (Lipinski definition) is 3. The maximum atomic E-state index is 10.4. The lowest BCUT2D eigenvalue weighted by Gasteiger charge is -2.18. The van der Waals surface area contributed by atoms with Gasteiger partial charge in [-0.2, -0.15) is 0 Å². The first-order valence-corrected chi connectivity index (χ1v) is 8.39.